The summed E-state index contributed by atoms with van der Waals surface area (Å²) >= 11 is 0. The third kappa shape index (κ3) is 8.16. The predicted octanol–water partition coefficient (Wildman–Crippen LogP) is 1.17. The summed E-state index contributed by atoms with van der Waals surface area (Å²) in [5.74, 6) is 0.382. The van der Waals surface area contributed by atoms with E-state index in [1.54, 1.807) is 31.3 Å². The van der Waals surface area contributed by atoms with E-state index < -0.39 is 0 Å². The van der Waals surface area contributed by atoms with Crippen LogP contribution in [0, 0.1) is 0 Å². The molecule has 0 fully saturated rings. The fourth-order valence-corrected chi connectivity index (χ4v) is 1.50. The number of anilines is 1. The number of carbonyl (C=O) groups is 2. The molecule has 0 saturated carbocycles. The van der Waals surface area contributed by atoms with E-state index in [0.717, 1.165) is 13.0 Å². The molecule has 2 amide bonds. The maximum Gasteiger partial charge on any atom is 0.257 e. The monoisotopic (exact) mass is 315 g/mol. The molecule has 0 saturated heterocycles. The van der Waals surface area contributed by atoms with Gasteiger partial charge in [0.25, 0.3) is 5.91 Å². The van der Waals surface area contributed by atoms with Crippen molar-refractivity contribution in [2.45, 2.75) is 12.8 Å². The zero-order chi connectivity index (χ0) is 14.8. The fraction of sp³-hybridized carbons (Fsp3) is 0.429. The number of hydrogen-bond acceptors (Lipinski definition) is 4. The first kappa shape index (κ1) is 19.2. The van der Waals surface area contributed by atoms with Crippen molar-refractivity contribution in [1.29, 1.82) is 0 Å². The molecule has 118 valence electrons. The Bertz CT molecular complexity index is 438. The molecule has 0 radical (unpaired) electrons. The van der Waals surface area contributed by atoms with E-state index in [0.29, 0.717) is 17.9 Å². The largest absolute Gasteiger partial charge is 0.484 e. The van der Waals surface area contributed by atoms with Crippen LogP contribution in [-0.4, -0.2) is 39.1 Å². The second kappa shape index (κ2) is 10.9. The van der Waals surface area contributed by atoms with Crippen molar-refractivity contribution in [1.82, 2.24) is 10.6 Å². The van der Waals surface area contributed by atoms with Gasteiger partial charge in [-0.1, -0.05) is 0 Å². The average Bonchev–Trinajstić information content (AvgIpc) is 2.46. The quantitative estimate of drug-likeness (QED) is 0.629. The van der Waals surface area contributed by atoms with Crippen molar-refractivity contribution in [3.8, 4) is 5.75 Å². The highest BCUT2D eigenvalue weighted by Crippen LogP contribution is 2.15. The maximum atomic E-state index is 11.6. The summed E-state index contributed by atoms with van der Waals surface area (Å²) in [6.45, 7) is 0.798. The van der Waals surface area contributed by atoms with Gasteiger partial charge in [0, 0.05) is 19.2 Å². The number of rotatable bonds is 8. The lowest BCUT2D eigenvalue weighted by Crippen LogP contribution is -2.24. The number of likely N-dealkylation sites (N-methyl/N-ethyl adjacent to an activating group) is 1. The third-order valence-electron chi connectivity index (χ3n) is 2.62. The average molecular weight is 316 g/mol. The SMILES string of the molecule is CNCCCC(=O)Nc1ccc(OCC(=O)NC)cc1.Cl. The summed E-state index contributed by atoms with van der Waals surface area (Å²) in [4.78, 5) is 22.6. The Hall–Kier alpha value is -1.79. The molecule has 0 aliphatic rings. The summed E-state index contributed by atoms with van der Waals surface area (Å²) in [5.41, 5.74) is 0.715. The van der Waals surface area contributed by atoms with Gasteiger partial charge in [-0.3, -0.25) is 9.59 Å². The van der Waals surface area contributed by atoms with Crippen molar-refractivity contribution in [3.63, 3.8) is 0 Å². The van der Waals surface area contributed by atoms with Gasteiger partial charge in [0.05, 0.1) is 0 Å². The van der Waals surface area contributed by atoms with Gasteiger partial charge in [-0.15, -0.1) is 12.4 Å². The minimum absolute atomic E-state index is 0. The Morgan fingerprint density at radius 1 is 1.10 bits per heavy atom. The second-order valence-electron chi connectivity index (χ2n) is 4.24. The number of hydrogen-bond donors (Lipinski definition) is 3. The minimum atomic E-state index is -0.188. The molecule has 0 atom stereocenters. The standard InChI is InChI=1S/C14H21N3O3.ClH/c1-15-9-3-4-13(18)17-11-5-7-12(8-6-11)20-10-14(19)16-2;/h5-8,15H,3-4,9-10H2,1-2H3,(H,16,19)(H,17,18);1H. The van der Waals surface area contributed by atoms with Gasteiger partial charge in [0.15, 0.2) is 6.61 Å². The van der Waals surface area contributed by atoms with Crippen LogP contribution in [0.3, 0.4) is 0 Å². The summed E-state index contributed by atoms with van der Waals surface area (Å²) in [7, 11) is 3.41. The summed E-state index contributed by atoms with van der Waals surface area (Å²) in [6, 6.07) is 6.92. The van der Waals surface area contributed by atoms with Crippen LogP contribution in [-0.2, 0) is 9.59 Å². The first-order valence-electron chi connectivity index (χ1n) is 6.53. The summed E-state index contributed by atoms with van der Waals surface area (Å²) in [5, 5.41) is 8.27. The molecule has 0 spiro atoms. The van der Waals surface area contributed by atoms with Gasteiger partial charge in [-0.25, -0.2) is 0 Å². The normalized spacial score (nSPS) is 9.43. The Labute approximate surface area is 131 Å². The van der Waals surface area contributed by atoms with E-state index in [-0.39, 0.29) is 30.8 Å². The van der Waals surface area contributed by atoms with E-state index in [4.69, 9.17) is 4.74 Å². The zero-order valence-corrected chi connectivity index (χ0v) is 13.1. The van der Waals surface area contributed by atoms with Crippen LogP contribution in [0.25, 0.3) is 0 Å². The molecule has 0 aliphatic carbocycles. The lowest BCUT2D eigenvalue weighted by Gasteiger charge is -2.08. The topological polar surface area (TPSA) is 79.5 Å². The van der Waals surface area contributed by atoms with Gasteiger partial charge in [-0.05, 0) is 44.3 Å². The Morgan fingerprint density at radius 2 is 1.76 bits per heavy atom. The van der Waals surface area contributed by atoms with Crippen LogP contribution < -0.4 is 20.7 Å². The first-order chi connectivity index (χ1) is 9.65. The van der Waals surface area contributed by atoms with Crippen LogP contribution in [0.5, 0.6) is 5.75 Å². The van der Waals surface area contributed by atoms with E-state index in [1.807, 2.05) is 7.05 Å². The molecule has 1 rings (SSSR count). The molecular formula is C14H22ClN3O3. The molecule has 0 aliphatic heterocycles. The molecule has 0 aromatic heterocycles. The molecule has 0 bridgehead atoms. The second-order valence-corrected chi connectivity index (χ2v) is 4.24. The van der Waals surface area contributed by atoms with Crippen molar-refractivity contribution in [2.75, 3.05) is 32.6 Å². The van der Waals surface area contributed by atoms with Crippen molar-refractivity contribution < 1.29 is 14.3 Å². The number of carbonyl (C=O) groups excluding carboxylic acids is 2. The Balaban J connectivity index is 0.00000400. The van der Waals surface area contributed by atoms with Crippen LogP contribution in [0.2, 0.25) is 0 Å². The van der Waals surface area contributed by atoms with Crippen LogP contribution >= 0.6 is 12.4 Å². The molecule has 21 heavy (non-hydrogen) atoms. The fourth-order valence-electron chi connectivity index (χ4n) is 1.50. The van der Waals surface area contributed by atoms with Crippen molar-refractivity contribution in [2.24, 2.45) is 0 Å². The van der Waals surface area contributed by atoms with Gasteiger partial charge in [0.1, 0.15) is 5.75 Å². The number of amides is 2. The maximum absolute atomic E-state index is 11.6. The third-order valence-corrected chi connectivity index (χ3v) is 2.62. The highest BCUT2D eigenvalue weighted by Gasteiger charge is 2.03. The van der Waals surface area contributed by atoms with E-state index >= 15 is 0 Å². The Morgan fingerprint density at radius 3 is 2.33 bits per heavy atom. The molecular weight excluding hydrogens is 294 g/mol. The zero-order valence-electron chi connectivity index (χ0n) is 12.3. The lowest BCUT2D eigenvalue weighted by molar-refractivity contribution is -0.122. The van der Waals surface area contributed by atoms with Crippen molar-refractivity contribution >= 4 is 29.9 Å². The van der Waals surface area contributed by atoms with Crippen LogP contribution in [0.15, 0.2) is 24.3 Å². The molecule has 1 aromatic rings. The van der Waals surface area contributed by atoms with Gasteiger partial charge >= 0.3 is 0 Å². The minimum Gasteiger partial charge on any atom is -0.484 e. The highest BCUT2D eigenvalue weighted by molar-refractivity contribution is 5.90. The molecule has 0 unspecified atom stereocenters. The number of halogens is 1. The molecule has 7 heteroatoms. The van der Waals surface area contributed by atoms with Crippen molar-refractivity contribution in [3.05, 3.63) is 24.3 Å². The number of ether oxygens (including phenoxy) is 1. The van der Waals surface area contributed by atoms with E-state index in [9.17, 15) is 9.59 Å². The first-order valence-corrected chi connectivity index (χ1v) is 6.53. The number of nitrogens with one attached hydrogen (secondary N) is 3. The van der Waals surface area contributed by atoms with Crippen LogP contribution in [0.1, 0.15) is 12.8 Å². The lowest BCUT2D eigenvalue weighted by atomic mass is 10.2. The number of benzene rings is 1. The molecule has 1 aromatic carbocycles. The molecule has 0 heterocycles. The Kier molecular flexibility index (Phi) is 10.0. The predicted molar refractivity (Wildman–Crippen MR) is 85.0 cm³/mol. The molecule has 3 N–H and O–H groups in total. The van der Waals surface area contributed by atoms with Gasteiger partial charge in [0.2, 0.25) is 5.91 Å². The highest BCUT2D eigenvalue weighted by atomic mass is 35.5. The van der Waals surface area contributed by atoms with E-state index in [2.05, 4.69) is 16.0 Å². The van der Waals surface area contributed by atoms with Gasteiger partial charge in [-0.2, -0.15) is 0 Å². The summed E-state index contributed by atoms with van der Waals surface area (Å²) in [6.07, 6.45) is 1.28. The molecule has 6 nitrogen and oxygen atoms in total. The van der Waals surface area contributed by atoms with Crippen LogP contribution in [0.4, 0.5) is 5.69 Å². The van der Waals surface area contributed by atoms with E-state index in [1.165, 1.54) is 0 Å². The van der Waals surface area contributed by atoms with Gasteiger partial charge < -0.3 is 20.7 Å². The smallest absolute Gasteiger partial charge is 0.257 e. The summed E-state index contributed by atoms with van der Waals surface area (Å²) < 4.78 is 5.27.